The smallest absolute Gasteiger partial charge is 0.155 e. The largest absolute Gasteiger partial charge is 0.261 e. The van der Waals surface area contributed by atoms with Gasteiger partial charge in [0.2, 0.25) is 0 Å². The zero-order valence-electron chi connectivity index (χ0n) is 7.20. The maximum atomic E-state index is 8.83. The third-order valence-electron chi connectivity index (χ3n) is 1.96. The first-order valence-corrected chi connectivity index (χ1v) is 4.08. The molecule has 0 unspecified atom stereocenters. The lowest BCUT2D eigenvalue weighted by Crippen LogP contribution is -1.92. The van der Waals surface area contributed by atoms with Crippen LogP contribution in [0.2, 0.25) is 0 Å². The Bertz CT molecular complexity index is 478. The highest BCUT2D eigenvalue weighted by atomic mass is 15.1. The lowest BCUT2D eigenvalue weighted by atomic mass is 10.1. The maximum absolute atomic E-state index is 8.83. The standard InChI is InChI=1S/C9H8N4/c1-2-8-6(4-10)3-7-5-11-13-9(7)12-8/h3,5H,2H2,1H3,(H,11,12,13). The van der Waals surface area contributed by atoms with Gasteiger partial charge in [0.15, 0.2) is 5.65 Å². The molecule has 0 spiro atoms. The van der Waals surface area contributed by atoms with Gasteiger partial charge in [-0.25, -0.2) is 4.98 Å². The molecule has 0 bridgehead atoms. The summed E-state index contributed by atoms with van der Waals surface area (Å²) in [7, 11) is 0. The van der Waals surface area contributed by atoms with Gasteiger partial charge in [-0.05, 0) is 12.5 Å². The van der Waals surface area contributed by atoms with Crippen molar-refractivity contribution < 1.29 is 0 Å². The Morgan fingerprint density at radius 3 is 3.15 bits per heavy atom. The Morgan fingerprint density at radius 1 is 1.62 bits per heavy atom. The molecule has 0 saturated heterocycles. The van der Waals surface area contributed by atoms with E-state index in [-0.39, 0.29) is 0 Å². The van der Waals surface area contributed by atoms with Gasteiger partial charge in [-0.2, -0.15) is 10.4 Å². The van der Waals surface area contributed by atoms with Gasteiger partial charge in [-0.15, -0.1) is 0 Å². The minimum absolute atomic E-state index is 0.636. The van der Waals surface area contributed by atoms with Crippen LogP contribution in [-0.4, -0.2) is 15.2 Å². The van der Waals surface area contributed by atoms with Crippen LogP contribution in [0, 0.1) is 11.3 Å². The molecule has 2 rings (SSSR count). The fourth-order valence-corrected chi connectivity index (χ4v) is 1.28. The Labute approximate surface area is 75.2 Å². The van der Waals surface area contributed by atoms with Gasteiger partial charge >= 0.3 is 0 Å². The van der Waals surface area contributed by atoms with Crippen LogP contribution in [0.5, 0.6) is 0 Å². The van der Waals surface area contributed by atoms with Crippen LogP contribution in [0.15, 0.2) is 12.3 Å². The van der Waals surface area contributed by atoms with E-state index in [0.29, 0.717) is 5.56 Å². The third kappa shape index (κ3) is 1.14. The van der Waals surface area contributed by atoms with Crippen molar-refractivity contribution in [1.29, 1.82) is 5.26 Å². The molecular weight excluding hydrogens is 164 g/mol. The average Bonchev–Trinajstić information content (AvgIpc) is 2.62. The number of nitriles is 1. The minimum atomic E-state index is 0.636. The first-order valence-electron chi connectivity index (χ1n) is 4.08. The van der Waals surface area contributed by atoms with E-state index in [2.05, 4.69) is 21.3 Å². The van der Waals surface area contributed by atoms with Crippen molar-refractivity contribution in [3.63, 3.8) is 0 Å². The van der Waals surface area contributed by atoms with E-state index in [1.807, 2.05) is 13.0 Å². The van der Waals surface area contributed by atoms with Crippen LogP contribution in [0.25, 0.3) is 11.0 Å². The van der Waals surface area contributed by atoms with Crippen LogP contribution >= 0.6 is 0 Å². The summed E-state index contributed by atoms with van der Waals surface area (Å²) in [5.41, 5.74) is 2.20. The fraction of sp³-hybridized carbons (Fsp3) is 0.222. The van der Waals surface area contributed by atoms with E-state index in [0.717, 1.165) is 23.1 Å². The SMILES string of the molecule is CCc1nc2[nH]ncc2cc1C#N. The van der Waals surface area contributed by atoms with E-state index >= 15 is 0 Å². The normalized spacial score (nSPS) is 10.2. The molecule has 0 amide bonds. The molecule has 13 heavy (non-hydrogen) atoms. The molecule has 0 aliphatic carbocycles. The summed E-state index contributed by atoms with van der Waals surface area (Å²) in [5, 5.41) is 16.3. The monoisotopic (exact) mass is 172 g/mol. The molecular formula is C9H8N4. The molecule has 4 heteroatoms. The summed E-state index contributed by atoms with van der Waals surface area (Å²) in [5.74, 6) is 0. The molecule has 0 aromatic carbocycles. The van der Waals surface area contributed by atoms with Gasteiger partial charge in [0.25, 0.3) is 0 Å². The second kappa shape index (κ2) is 2.87. The third-order valence-corrected chi connectivity index (χ3v) is 1.96. The summed E-state index contributed by atoms with van der Waals surface area (Å²) in [6.45, 7) is 1.98. The number of aromatic nitrogens is 3. The van der Waals surface area contributed by atoms with Crippen molar-refractivity contribution in [1.82, 2.24) is 15.2 Å². The van der Waals surface area contributed by atoms with E-state index in [1.165, 1.54) is 0 Å². The lowest BCUT2D eigenvalue weighted by Gasteiger charge is -1.98. The number of rotatable bonds is 1. The Kier molecular flexibility index (Phi) is 1.71. The van der Waals surface area contributed by atoms with Crippen molar-refractivity contribution in [3.05, 3.63) is 23.5 Å². The predicted molar refractivity (Wildman–Crippen MR) is 48.0 cm³/mol. The van der Waals surface area contributed by atoms with E-state index in [4.69, 9.17) is 5.26 Å². The van der Waals surface area contributed by atoms with Crippen molar-refractivity contribution in [2.24, 2.45) is 0 Å². The van der Waals surface area contributed by atoms with Crippen molar-refractivity contribution in [2.45, 2.75) is 13.3 Å². The quantitative estimate of drug-likeness (QED) is 0.706. The number of hydrogen-bond donors (Lipinski definition) is 1. The second-order valence-corrected chi connectivity index (χ2v) is 2.76. The summed E-state index contributed by atoms with van der Waals surface area (Å²) < 4.78 is 0. The molecule has 0 fully saturated rings. The number of nitrogens with one attached hydrogen (secondary N) is 1. The molecule has 0 aliphatic heterocycles. The molecule has 2 heterocycles. The second-order valence-electron chi connectivity index (χ2n) is 2.76. The molecule has 64 valence electrons. The van der Waals surface area contributed by atoms with E-state index in [9.17, 15) is 0 Å². The molecule has 0 radical (unpaired) electrons. The average molecular weight is 172 g/mol. The molecule has 2 aromatic rings. The van der Waals surface area contributed by atoms with Crippen molar-refractivity contribution in [2.75, 3.05) is 0 Å². The van der Waals surface area contributed by atoms with Gasteiger partial charge in [-0.3, -0.25) is 5.10 Å². The van der Waals surface area contributed by atoms with Crippen LogP contribution in [0.4, 0.5) is 0 Å². The van der Waals surface area contributed by atoms with E-state index in [1.54, 1.807) is 6.20 Å². The highest BCUT2D eigenvalue weighted by Gasteiger charge is 2.05. The number of nitrogens with zero attached hydrogens (tertiary/aromatic N) is 3. The summed E-state index contributed by atoms with van der Waals surface area (Å²) >= 11 is 0. The molecule has 4 nitrogen and oxygen atoms in total. The maximum Gasteiger partial charge on any atom is 0.155 e. The van der Waals surface area contributed by atoms with Crippen LogP contribution in [0.1, 0.15) is 18.2 Å². The van der Waals surface area contributed by atoms with Crippen LogP contribution in [-0.2, 0) is 6.42 Å². The van der Waals surface area contributed by atoms with Gasteiger partial charge in [-0.1, -0.05) is 6.92 Å². The Balaban J connectivity index is 2.76. The topological polar surface area (TPSA) is 65.4 Å². The zero-order chi connectivity index (χ0) is 9.26. The van der Waals surface area contributed by atoms with Crippen LogP contribution < -0.4 is 0 Å². The number of aromatic amines is 1. The molecule has 0 saturated carbocycles. The molecule has 2 aromatic heterocycles. The Hall–Kier alpha value is -1.89. The predicted octanol–water partition coefficient (Wildman–Crippen LogP) is 1.39. The molecule has 0 atom stereocenters. The number of hydrogen-bond acceptors (Lipinski definition) is 3. The summed E-state index contributed by atoms with van der Waals surface area (Å²) in [6, 6.07) is 3.93. The Morgan fingerprint density at radius 2 is 2.46 bits per heavy atom. The number of fused-ring (bicyclic) bond motifs is 1. The van der Waals surface area contributed by atoms with Gasteiger partial charge < -0.3 is 0 Å². The van der Waals surface area contributed by atoms with Gasteiger partial charge in [0.1, 0.15) is 6.07 Å². The highest BCUT2D eigenvalue weighted by Crippen LogP contribution is 2.13. The first-order chi connectivity index (χ1) is 6.35. The van der Waals surface area contributed by atoms with Gasteiger partial charge in [0, 0.05) is 5.39 Å². The van der Waals surface area contributed by atoms with Crippen molar-refractivity contribution >= 4 is 11.0 Å². The number of pyridine rings is 1. The fourth-order valence-electron chi connectivity index (χ4n) is 1.28. The van der Waals surface area contributed by atoms with Crippen LogP contribution in [0.3, 0.4) is 0 Å². The lowest BCUT2D eigenvalue weighted by molar-refractivity contribution is 1.02. The number of H-pyrrole nitrogens is 1. The van der Waals surface area contributed by atoms with E-state index < -0.39 is 0 Å². The summed E-state index contributed by atoms with van der Waals surface area (Å²) in [6.07, 6.45) is 2.43. The minimum Gasteiger partial charge on any atom is -0.261 e. The number of aryl methyl sites for hydroxylation is 1. The van der Waals surface area contributed by atoms with Gasteiger partial charge in [0.05, 0.1) is 17.5 Å². The zero-order valence-corrected chi connectivity index (χ0v) is 7.20. The van der Waals surface area contributed by atoms with Crippen molar-refractivity contribution in [3.8, 4) is 6.07 Å². The highest BCUT2D eigenvalue weighted by molar-refractivity contribution is 5.75. The molecule has 1 N–H and O–H groups in total. The summed E-state index contributed by atoms with van der Waals surface area (Å²) in [4.78, 5) is 4.28. The first kappa shape index (κ1) is 7.74. The molecule has 0 aliphatic rings.